The van der Waals surface area contributed by atoms with Gasteiger partial charge in [0, 0.05) is 16.2 Å². The van der Waals surface area contributed by atoms with Crippen LogP contribution in [0.2, 0.25) is 0 Å². The largest absolute Gasteiger partial charge is 0.574 e. The highest BCUT2D eigenvalue weighted by atomic mass is 35.7. The van der Waals surface area contributed by atoms with Crippen LogP contribution in [0.3, 0.4) is 0 Å². The molecule has 0 saturated carbocycles. The predicted molar refractivity (Wildman–Crippen MR) is 53.1 cm³/mol. The number of nitrogen functional groups attached to an aromatic ring is 1. The first-order chi connectivity index (χ1) is 7.52. The average Bonchev–Trinajstić information content (AvgIpc) is 2.08. The van der Waals surface area contributed by atoms with E-state index in [1.54, 1.807) is 0 Å². The second-order valence-corrected chi connectivity index (χ2v) is 5.49. The summed E-state index contributed by atoms with van der Waals surface area (Å²) in [5.74, 6) is -0.820. The predicted octanol–water partition coefficient (Wildman–Crippen LogP) is 1.80. The lowest BCUT2D eigenvalue weighted by Gasteiger charge is -2.12. The van der Waals surface area contributed by atoms with Gasteiger partial charge in [-0.2, -0.15) is 0 Å². The third-order valence-electron chi connectivity index (χ3n) is 1.76. The Morgan fingerprint density at radius 3 is 2.41 bits per heavy atom. The number of aromatic nitrogens is 1. The van der Waals surface area contributed by atoms with Gasteiger partial charge >= 0.3 is 6.36 Å². The van der Waals surface area contributed by atoms with Crippen LogP contribution < -0.4 is 10.5 Å². The van der Waals surface area contributed by atoms with Crippen molar-refractivity contribution in [2.45, 2.75) is 18.2 Å². The maximum Gasteiger partial charge on any atom is 0.574 e. The Kier molecular flexibility index (Phi) is 3.44. The molecule has 2 N–H and O–H groups in total. The van der Waals surface area contributed by atoms with E-state index in [4.69, 9.17) is 16.4 Å². The van der Waals surface area contributed by atoms with Crippen molar-refractivity contribution in [1.82, 2.24) is 4.98 Å². The van der Waals surface area contributed by atoms with Gasteiger partial charge in [0.05, 0.1) is 11.9 Å². The van der Waals surface area contributed by atoms with E-state index in [1.807, 2.05) is 0 Å². The zero-order valence-corrected chi connectivity index (χ0v) is 9.82. The highest BCUT2D eigenvalue weighted by Crippen LogP contribution is 2.32. The quantitative estimate of drug-likeness (QED) is 0.840. The molecule has 0 atom stereocenters. The molecule has 0 radical (unpaired) electrons. The van der Waals surface area contributed by atoms with Crippen LogP contribution in [0.4, 0.5) is 18.9 Å². The maximum absolute atomic E-state index is 11.9. The number of ether oxygens (including phenoxy) is 1. The van der Waals surface area contributed by atoms with Crippen LogP contribution in [0.25, 0.3) is 0 Å². The molecule has 1 aromatic rings. The molecule has 1 heterocycles. The Morgan fingerprint density at radius 1 is 1.47 bits per heavy atom. The molecule has 0 aromatic carbocycles. The number of nitrogens with zero attached hydrogens (tertiary/aromatic N) is 1. The summed E-state index contributed by atoms with van der Waals surface area (Å²) >= 11 is 0. The molecular weight excluding hydrogens is 285 g/mol. The van der Waals surface area contributed by atoms with E-state index < -0.39 is 31.9 Å². The summed E-state index contributed by atoms with van der Waals surface area (Å²) in [5, 5.41) is 0. The van der Waals surface area contributed by atoms with Gasteiger partial charge in [-0.1, -0.05) is 0 Å². The smallest absolute Gasteiger partial charge is 0.397 e. The van der Waals surface area contributed by atoms with Gasteiger partial charge in [0.1, 0.15) is 4.90 Å². The molecule has 0 spiro atoms. The lowest BCUT2D eigenvalue weighted by Crippen LogP contribution is -2.19. The van der Waals surface area contributed by atoms with Gasteiger partial charge in [-0.15, -0.1) is 13.2 Å². The number of hydrogen-bond acceptors (Lipinski definition) is 5. The molecule has 1 aromatic heterocycles. The van der Waals surface area contributed by atoms with Crippen LogP contribution in [0.5, 0.6) is 5.88 Å². The first kappa shape index (κ1) is 13.8. The summed E-state index contributed by atoms with van der Waals surface area (Å²) in [6, 6.07) is 0. The minimum absolute atomic E-state index is 0.260. The van der Waals surface area contributed by atoms with Gasteiger partial charge in [0.15, 0.2) is 0 Å². The fourth-order valence-electron chi connectivity index (χ4n) is 0.990. The minimum Gasteiger partial charge on any atom is -0.397 e. The number of anilines is 1. The Balaban J connectivity index is 3.30. The fraction of sp³-hybridized carbons (Fsp3) is 0.286. The third-order valence-corrected chi connectivity index (χ3v) is 3.11. The lowest BCUT2D eigenvalue weighted by atomic mass is 10.2. The highest BCUT2D eigenvalue weighted by Gasteiger charge is 2.33. The van der Waals surface area contributed by atoms with Crippen LogP contribution >= 0.6 is 10.7 Å². The van der Waals surface area contributed by atoms with Crippen LogP contribution in [0.1, 0.15) is 5.56 Å². The molecule has 0 amide bonds. The number of rotatable bonds is 2. The van der Waals surface area contributed by atoms with Gasteiger partial charge in [-0.25, -0.2) is 13.4 Å². The molecule has 0 aliphatic heterocycles. The maximum atomic E-state index is 11.9. The van der Waals surface area contributed by atoms with Crippen molar-refractivity contribution in [3.05, 3.63) is 11.8 Å². The van der Waals surface area contributed by atoms with Gasteiger partial charge in [-0.05, 0) is 6.92 Å². The van der Waals surface area contributed by atoms with Crippen molar-refractivity contribution in [1.29, 1.82) is 0 Å². The highest BCUT2D eigenvalue weighted by molar-refractivity contribution is 8.13. The van der Waals surface area contributed by atoms with E-state index in [2.05, 4.69) is 9.72 Å². The van der Waals surface area contributed by atoms with Crippen LogP contribution in [-0.4, -0.2) is 19.8 Å². The normalized spacial score (nSPS) is 12.5. The minimum atomic E-state index is -4.94. The second-order valence-electron chi connectivity index (χ2n) is 2.95. The van der Waals surface area contributed by atoms with Crippen molar-refractivity contribution >= 4 is 25.4 Å². The fourth-order valence-corrected chi connectivity index (χ4v) is 1.95. The Bertz CT molecular complexity index is 544. The zero-order chi connectivity index (χ0) is 13.4. The number of halogens is 4. The number of alkyl halides is 3. The topological polar surface area (TPSA) is 82.3 Å². The molecule has 0 aliphatic rings. The molecule has 96 valence electrons. The van der Waals surface area contributed by atoms with Gasteiger partial charge in [0.2, 0.25) is 5.88 Å². The van der Waals surface area contributed by atoms with Gasteiger partial charge in [0.25, 0.3) is 9.05 Å². The van der Waals surface area contributed by atoms with E-state index in [0.717, 1.165) is 6.92 Å². The Hall–Kier alpha value is -1.22. The summed E-state index contributed by atoms with van der Waals surface area (Å²) in [7, 11) is 0.842. The van der Waals surface area contributed by atoms with Crippen molar-refractivity contribution in [3.63, 3.8) is 0 Å². The van der Waals surface area contributed by atoms with Crippen molar-refractivity contribution in [2.24, 2.45) is 0 Å². The second kappa shape index (κ2) is 4.22. The molecule has 0 bridgehead atoms. The summed E-state index contributed by atoms with van der Waals surface area (Å²) in [5.41, 5.74) is 4.64. The zero-order valence-electron chi connectivity index (χ0n) is 8.25. The Morgan fingerprint density at radius 2 is 2.00 bits per heavy atom. The van der Waals surface area contributed by atoms with Crippen LogP contribution in [-0.2, 0) is 9.05 Å². The van der Waals surface area contributed by atoms with E-state index in [1.165, 1.54) is 0 Å². The molecule has 1 rings (SSSR count). The monoisotopic (exact) mass is 290 g/mol. The SMILES string of the molecule is Cc1c(OC(F)(F)F)ncc(S(=O)(=O)Cl)c1N. The molecule has 0 saturated heterocycles. The number of pyridine rings is 1. The van der Waals surface area contributed by atoms with Gasteiger partial charge < -0.3 is 10.5 Å². The third kappa shape index (κ3) is 3.37. The molecule has 0 aliphatic carbocycles. The lowest BCUT2D eigenvalue weighted by molar-refractivity contribution is -0.276. The summed E-state index contributed by atoms with van der Waals surface area (Å²) < 4.78 is 61.3. The van der Waals surface area contributed by atoms with Crippen molar-refractivity contribution in [2.75, 3.05) is 5.73 Å². The number of hydrogen-bond donors (Lipinski definition) is 1. The van der Waals surface area contributed by atoms with E-state index in [-0.39, 0.29) is 5.56 Å². The molecule has 10 heteroatoms. The molecule has 0 unspecified atom stereocenters. The van der Waals surface area contributed by atoms with Crippen LogP contribution in [0, 0.1) is 6.92 Å². The van der Waals surface area contributed by atoms with E-state index >= 15 is 0 Å². The molecule has 17 heavy (non-hydrogen) atoms. The molecule has 5 nitrogen and oxygen atoms in total. The van der Waals surface area contributed by atoms with E-state index in [9.17, 15) is 21.6 Å². The summed E-state index contributed by atoms with van der Waals surface area (Å²) in [4.78, 5) is 2.64. The van der Waals surface area contributed by atoms with Crippen molar-refractivity contribution in [3.8, 4) is 5.88 Å². The first-order valence-electron chi connectivity index (χ1n) is 3.98. The average molecular weight is 291 g/mol. The standard InChI is InChI=1S/C7H6ClF3N2O3S/c1-3-5(12)4(17(8,14)15)2-13-6(3)16-7(9,10)11/h2H,1H3,(H2,12,13). The van der Waals surface area contributed by atoms with Crippen molar-refractivity contribution < 1.29 is 26.3 Å². The molecule has 0 fully saturated rings. The first-order valence-corrected chi connectivity index (χ1v) is 6.29. The van der Waals surface area contributed by atoms with E-state index in [0.29, 0.717) is 6.20 Å². The number of nitrogens with two attached hydrogens (primary N) is 1. The van der Waals surface area contributed by atoms with Gasteiger partial charge in [-0.3, -0.25) is 0 Å². The van der Waals surface area contributed by atoms with Crippen LogP contribution in [0.15, 0.2) is 11.1 Å². The molecular formula is C7H6ClF3N2O3S. The summed E-state index contributed by atoms with van der Waals surface area (Å²) in [6.07, 6.45) is -4.34. The Labute approximate surface area is 98.8 Å². The summed E-state index contributed by atoms with van der Waals surface area (Å²) in [6.45, 7) is 1.13.